The Bertz CT molecular complexity index is 350. The van der Waals surface area contributed by atoms with Crippen LogP contribution in [0.2, 0.25) is 0 Å². The highest BCUT2D eigenvalue weighted by atomic mass is 16.7. The summed E-state index contributed by atoms with van der Waals surface area (Å²) < 4.78 is 12.3. The molecule has 3 heteroatoms. The molecule has 198 valence electrons. The van der Waals surface area contributed by atoms with E-state index in [-0.39, 0.29) is 12.9 Å². The summed E-state index contributed by atoms with van der Waals surface area (Å²) in [5.41, 5.74) is 0. The van der Waals surface area contributed by atoms with Gasteiger partial charge in [-0.3, -0.25) is 0 Å². The summed E-state index contributed by atoms with van der Waals surface area (Å²) >= 11 is 0. The van der Waals surface area contributed by atoms with Gasteiger partial charge in [0.2, 0.25) is 0 Å². The standard InChI is InChI=1S/C30H60O3/c1-3-5-7-9-16-20-24-28-32-30(33-29-25-21-17-10-8-6-4-2)26-22-18-14-12-11-13-15-19-23-27-31/h15,19,30-31H,3-14,16-18,20-29H2,1-2H3/b19-15+. The lowest BCUT2D eigenvalue weighted by Crippen LogP contribution is -2.19. The number of rotatable bonds is 28. The molecule has 0 aliphatic heterocycles. The van der Waals surface area contributed by atoms with Crippen LogP contribution in [0.25, 0.3) is 0 Å². The fourth-order valence-electron chi connectivity index (χ4n) is 4.18. The van der Waals surface area contributed by atoms with Crippen LogP contribution in [0.5, 0.6) is 0 Å². The van der Waals surface area contributed by atoms with E-state index in [9.17, 15) is 0 Å². The molecule has 0 fully saturated rings. The van der Waals surface area contributed by atoms with Crippen molar-refractivity contribution in [2.75, 3.05) is 19.8 Å². The highest BCUT2D eigenvalue weighted by Crippen LogP contribution is 2.14. The number of unbranched alkanes of at least 4 members (excludes halogenated alkanes) is 17. The zero-order valence-corrected chi connectivity index (χ0v) is 22.7. The van der Waals surface area contributed by atoms with E-state index < -0.39 is 0 Å². The van der Waals surface area contributed by atoms with Gasteiger partial charge in [-0.1, -0.05) is 122 Å². The minimum absolute atomic E-state index is 0.00611. The first-order valence-corrected chi connectivity index (χ1v) is 14.8. The fourth-order valence-corrected chi connectivity index (χ4v) is 4.18. The van der Waals surface area contributed by atoms with Crippen LogP contribution in [-0.2, 0) is 9.47 Å². The van der Waals surface area contributed by atoms with E-state index in [1.165, 1.54) is 122 Å². The largest absolute Gasteiger partial charge is 0.396 e. The van der Waals surface area contributed by atoms with Crippen molar-refractivity contribution in [3.05, 3.63) is 12.2 Å². The minimum Gasteiger partial charge on any atom is -0.396 e. The number of allylic oxidation sites excluding steroid dienone is 1. The quantitative estimate of drug-likeness (QED) is 0.0705. The monoisotopic (exact) mass is 468 g/mol. The number of ether oxygens (including phenoxy) is 2. The third kappa shape index (κ3) is 27.7. The SMILES string of the molecule is CCCCCCCCCOC(CCCCCCC/C=C/CCO)OCCCCCCCCC. The molecule has 0 aromatic heterocycles. The number of hydrogen-bond acceptors (Lipinski definition) is 3. The normalized spacial score (nSPS) is 11.9. The van der Waals surface area contributed by atoms with E-state index in [1.54, 1.807) is 0 Å². The first kappa shape index (κ1) is 32.6. The van der Waals surface area contributed by atoms with Crippen LogP contribution in [0, 0.1) is 0 Å². The first-order valence-electron chi connectivity index (χ1n) is 14.8. The molecule has 0 radical (unpaired) electrons. The first-order chi connectivity index (χ1) is 16.3. The van der Waals surface area contributed by atoms with Gasteiger partial charge in [-0.15, -0.1) is 0 Å². The van der Waals surface area contributed by atoms with Crippen molar-refractivity contribution in [1.82, 2.24) is 0 Å². The van der Waals surface area contributed by atoms with Gasteiger partial charge in [0.05, 0.1) is 0 Å². The van der Waals surface area contributed by atoms with Crippen molar-refractivity contribution in [3.63, 3.8) is 0 Å². The second kappa shape index (κ2) is 29.7. The molecule has 0 saturated carbocycles. The van der Waals surface area contributed by atoms with Crippen molar-refractivity contribution < 1.29 is 14.6 Å². The van der Waals surface area contributed by atoms with Crippen molar-refractivity contribution in [1.29, 1.82) is 0 Å². The molecular weight excluding hydrogens is 408 g/mol. The third-order valence-electron chi connectivity index (χ3n) is 6.38. The van der Waals surface area contributed by atoms with E-state index in [0.29, 0.717) is 0 Å². The molecule has 0 aromatic carbocycles. The van der Waals surface area contributed by atoms with E-state index in [4.69, 9.17) is 14.6 Å². The van der Waals surface area contributed by atoms with Crippen molar-refractivity contribution in [2.24, 2.45) is 0 Å². The molecular formula is C30H60O3. The van der Waals surface area contributed by atoms with Crippen LogP contribution in [0.1, 0.15) is 155 Å². The zero-order valence-electron chi connectivity index (χ0n) is 22.7. The fraction of sp³-hybridized carbons (Fsp3) is 0.933. The van der Waals surface area contributed by atoms with Gasteiger partial charge in [0, 0.05) is 19.8 Å². The Kier molecular flexibility index (Phi) is 29.3. The Morgan fingerprint density at radius 1 is 0.515 bits per heavy atom. The molecule has 0 aliphatic carbocycles. The Morgan fingerprint density at radius 3 is 1.45 bits per heavy atom. The second-order valence-electron chi connectivity index (χ2n) is 9.74. The molecule has 0 saturated heterocycles. The maximum Gasteiger partial charge on any atom is 0.157 e. The lowest BCUT2D eigenvalue weighted by molar-refractivity contribution is -0.148. The topological polar surface area (TPSA) is 38.7 Å². The number of aliphatic hydroxyl groups is 1. The summed E-state index contributed by atoms with van der Waals surface area (Å²) in [6.07, 6.45) is 32.2. The smallest absolute Gasteiger partial charge is 0.157 e. The summed E-state index contributed by atoms with van der Waals surface area (Å²) in [7, 11) is 0. The lowest BCUT2D eigenvalue weighted by Gasteiger charge is -2.19. The predicted octanol–water partition coefficient (Wildman–Crippen LogP) is 9.52. The molecule has 0 spiro atoms. The molecule has 0 bridgehead atoms. The Balaban J connectivity index is 3.87. The van der Waals surface area contributed by atoms with Gasteiger partial charge in [0.1, 0.15) is 0 Å². The molecule has 0 aliphatic rings. The highest BCUT2D eigenvalue weighted by Gasteiger charge is 2.09. The van der Waals surface area contributed by atoms with Gasteiger partial charge in [-0.25, -0.2) is 0 Å². The van der Waals surface area contributed by atoms with E-state index in [1.807, 2.05) is 0 Å². The maximum atomic E-state index is 8.78. The maximum absolute atomic E-state index is 8.78. The van der Waals surface area contributed by atoms with Crippen LogP contribution in [-0.4, -0.2) is 31.2 Å². The number of hydrogen-bond donors (Lipinski definition) is 1. The van der Waals surface area contributed by atoms with Crippen LogP contribution in [0.3, 0.4) is 0 Å². The summed E-state index contributed by atoms with van der Waals surface area (Å²) in [6, 6.07) is 0. The van der Waals surface area contributed by atoms with Crippen LogP contribution in [0.4, 0.5) is 0 Å². The van der Waals surface area contributed by atoms with Gasteiger partial charge in [0.25, 0.3) is 0 Å². The molecule has 3 nitrogen and oxygen atoms in total. The molecule has 1 N–H and O–H groups in total. The Morgan fingerprint density at radius 2 is 0.939 bits per heavy atom. The highest BCUT2D eigenvalue weighted by molar-refractivity contribution is 4.80. The summed E-state index contributed by atoms with van der Waals surface area (Å²) in [5.74, 6) is 0. The van der Waals surface area contributed by atoms with Gasteiger partial charge in [0.15, 0.2) is 6.29 Å². The molecule has 0 heterocycles. The van der Waals surface area contributed by atoms with E-state index in [0.717, 1.165) is 32.5 Å². The summed E-state index contributed by atoms with van der Waals surface area (Å²) in [6.45, 7) is 6.53. The number of aliphatic hydroxyl groups excluding tert-OH is 1. The summed E-state index contributed by atoms with van der Waals surface area (Å²) in [5, 5.41) is 8.78. The molecule has 0 atom stereocenters. The van der Waals surface area contributed by atoms with Crippen LogP contribution < -0.4 is 0 Å². The van der Waals surface area contributed by atoms with Gasteiger partial charge in [-0.2, -0.15) is 0 Å². The molecule has 0 aromatic rings. The van der Waals surface area contributed by atoms with E-state index >= 15 is 0 Å². The third-order valence-corrected chi connectivity index (χ3v) is 6.38. The van der Waals surface area contributed by atoms with Gasteiger partial charge in [-0.05, 0) is 44.9 Å². The zero-order chi connectivity index (χ0) is 24.1. The molecule has 0 amide bonds. The Hall–Kier alpha value is -0.380. The molecule has 0 unspecified atom stereocenters. The minimum atomic E-state index is 0.00611. The van der Waals surface area contributed by atoms with Gasteiger partial charge < -0.3 is 14.6 Å². The molecule has 0 rings (SSSR count). The predicted molar refractivity (Wildman–Crippen MR) is 145 cm³/mol. The van der Waals surface area contributed by atoms with Crippen LogP contribution in [0.15, 0.2) is 12.2 Å². The average Bonchev–Trinajstić information content (AvgIpc) is 2.83. The van der Waals surface area contributed by atoms with Crippen LogP contribution >= 0.6 is 0 Å². The van der Waals surface area contributed by atoms with E-state index in [2.05, 4.69) is 26.0 Å². The lowest BCUT2D eigenvalue weighted by atomic mass is 10.1. The average molecular weight is 469 g/mol. The molecule has 33 heavy (non-hydrogen) atoms. The van der Waals surface area contributed by atoms with Gasteiger partial charge >= 0.3 is 0 Å². The Labute approximate surface area is 208 Å². The second-order valence-corrected chi connectivity index (χ2v) is 9.74. The van der Waals surface area contributed by atoms with Crippen molar-refractivity contribution in [3.8, 4) is 0 Å². The summed E-state index contributed by atoms with van der Waals surface area (Å²) in [4.78, 5) is 0. The van der Waals surface area contributed by atoms with Crippen molar-refractivity contribution >= 4 is 0 Å². The van der Waals surface area contributed by atoms with Crippen molar-refractivity contribution in [2.45, 2.75) is 161 Å².